The van der Waals surface area contributed by atoms with Crippen LogP contribution in [0.15, 0.2) is 51.1 Å². The largest absolute Gasteiger partial charge is 0.399 e. The molecule has 2 aromatic carbocycles. The quantitative estimate of drug-likeness (QED) is 0.817. The Kier molecular flexibility index (Phi) is 4.03. The molecule has 2 rings (SSSR count). The first-order valence-electron chi connectivity index (χ1n) is 6.28. The lowest BCUT2D eigenvalue weighted by Gasteiger charge is -2.11. The zero-order valence-electron chi connectivity index (χ0n) is 12.1. The van der Waals surface area contributed by atoms with E-state index in [1.54, 1.807) is 13.8 Å². The van der Waals surface area contributed by atoms with E-state index in [0.29, 0.717) is 16.8 Å². The van der Waals surface area contributed by atoms with E-state index in [-0.39, 0.29) is 9.79 Å². The van der Waals surface area contributed by atoms with Crippen molar-refractivity contribution < 1.29 is 16.8 Å². The maximum atomic E-state index is 12.8. The van der Waals surface area contributed by atoms with E-state index < -0.39 is 24.8 Å². The molecule has 0 heterocycles. The molecule has 0 bridgehead atoms. The van der Waals surface area contributed by atoms with E-state index in [1.165, 1.54) is 36.4 Å². The minimum absolute atomic E-state index is 0.0327. The fraction of sp³-hybridized carbons (Fsp3) is 0.143. The number of anilines is 1. The molecule has 2 aromatic rings. The summed E-state index contributed by atoms with van der Waals surface area (Å²) < 4.78 is 48.8. The number of nitrogen functional groups attached to an aromatic ring is 1. The summed E-state index contributed by atoms with van der Waals surface area (Å²) in [6.07, 6.45) is 0. The van der Waals surface area contributed by atoms with Crippen LogP contribution in [0.3, 0.4) is 0 Å². The maximum Gasteiger partial charge on any atom is 0.239 e. The number of hydrogen-bond donors (Lipinski definition) is 2. The molecule has 0 fully saturated rings. The molecule has 0 amide bonds. The van der Waals surface area contributed by atoms with Gasteiger partial charge in [-0.3, -0.25) is 0 Å². The summed E-state index contributed by atoms with van der Waals surface area (Å²) in [5.41, 5.74) is 7.33. The number of aryl methyl sites for hydroxylation is 2. The van der Waals surface area contributed by atoms with Crippen LogP contribution in [0.5, 0.6) is 0 Å². The Labute approximate surface area is 129 Å². The summed E-state index contributed by atoms with van der Waals surface area (Å²) in [5, 5.41) is 5.12. The summed E-state index contributed by atoms with van der Waals surface area (Å²) in [7, 11) is -8.19. The number of rotatable bonds is 3. The highest BCUT2D eigenvalue weighted by Gasteiger charge is 2.26. The lowest BCUT2D eigenvalue weighted by atomic mass is 10.2. The van der Waals surface area contributed by atoms with E-state index in [9.17, 15) is 16.8 Å². The predicted octanol–water partition coefficient (Wildman–Crippen LogP) is 1.37. The summed E-state index contributed by atoms with van der Waals surface area (Å²) in [4.78, 5) is -0.790. The number of benzene rings is 2. The number of primary sulfonamides is 1. The van der Waals surface area contributed by atoms with Gasteiger partial charge in [0, 0.05) is 5.69 Å². The standard InChI is InChI=1S/C14H16N2O4S2/c1-9-3-6-13(22(16,19)20)14(7-9)21(17,18)11-4-5-12(15)10(2)8-11/h3-8H,15H2,1-2H3,(H2,16,19,20). The van der Waals surface area contributed by atoms with Gasteiger partial charge in [-0.2, -0.15) is 0 Å². The van der Waals surface area contributed by atoms with Gasteiger partial charge in [-0.05, 0) is 55.3 Å². The van der Waals surface area contributed by atoms with Gasteiger partial charge in [0.1, 0.15) is 4.90 Å². The topological polar surface area (TPSA) is 120 Å². The maximum absolute atomic E-state index is 12.8. The second-order valence-electron chi connectivity index (χ2n) is 5.02. The molecule has 0 aliphatic rings. The summed E-state index contributed by atoms with van der Waals surface area (Å²) in [6.45, 7) is 3.34. The molecular formula is C14H16N2O4S2. The lowest BCUT2D eigenvalue weighted by molar-refractivity contribution is 0.583. The summed E-state index contributed by atoms with van der Waals surface area (Å²) >= 11 is 0. The van der Waals surface area contributed by atoms with Gasteiger partial charge >= 0.3 is 0 Å². The average molecular weight is 340 g/mol. The Hall–Kier alpha value is -1.90. The first-order valence-corrected chi connectivity index (χ1v) is 9.31. The second-order valence-corrected chi connectivity index (χ2v) is 8.46. The average Bonchev–Trinajstić information content (AvgIpc) is 2.40. The Morgan fingerprint density at radius 1 is 0.864 bits per heavy atom. The van der Waals surface area contributed by atoms with Crippen molar-refractivity contribution in [2.45, 2.75) is 28.5 Å². The molecule has 0 atom stereocenters. The zero-order valence-corrected chi connectivity index (χ0v) is 13.7. The normalized spacial score (nSPS) is 12.3. The lowest BCUT2D eigenvalue weighted by Crippen LogP contribution is -2.17. The van der Waals surface area contributed by atoms with Crippen LogP contribution < -0.4 is 10.9 Å². The van der Waals surface area contributed by atoms with Crippen LogP contribution in [0.4, 0.5) is 5.69 Å². The molecule has 0 saturated carbocycles. The van der Waals surface area contributed by atoms with E-state index in [1.807, 2.05) is 0 Å². The monoisotopic (exact) mass is 340 g/mol. The first-order chi connectivity index (χ1) is 10.0. The van der Waals surface area contributed by atoms with Gasteiger partial charge < -0.3 is 5.73 Å². The molecule has 8 heteroatoms. The van der Waals surface area contributed by atoms with Gasteiger partial charge in [0.25, 0.3) is 0 Å². The SMILES string of the molecule is Cc1ccc(S(N)(=O)=O)c(S(=O)(=O)c2ccc(N)c(C)c2)c1. The Morgan fingerprint density at radius 2 is 1.50 bits per heavy atom. The zero-order chi connectivity index (χ0) is 16.7. The number of sulfonamides is 1. The first kappa shape index (κ1) is 16.5. The number of sulfone groups is 1. The highest BCUT2D eigenvalue weighted by atomic mass is 32.2. The van der Waals surface area contributed by atoms with Crippen molar-refractivity contribution in [1.29, 1.82) is 0 Å². The van der Waals surface area contributed by atoms with Gasteiger partial charge in [-0.25, -0.2) is 22.0 Å². The fourth-order valence-electron chi connectivity index (χ4n) is 2.00. The van der Waals surface area contributed by atoms with E-state index in [0.717, 1.165) is 0 Å². The van der Waals surface area contributed by atoms with Gasteiger partial charge in [0.15, 0.2) is 0 Å². The molecule has 0 spiro atoms. The highest BCUT2D eigenvalue weighted by Crippen LogP contribution is 2.29. The van der Waals surface area contributed by atoms with Gasteiger partial charge in [-0.1, -0.05) is 6.07 Å². The molecule has 118 valence electrons. The molecule has 22 heavy (non-hydrogen) atoms. The smallest absolute Gasteiger partial charge is 0.239 e. The van der Waals surface area contributed by atoms with Crippen molar-refractivity contribution in [2.24, 2.45) is 5.14 Å². The molecule has 4 N–H and O–H groups in total. The van der Waals surface area contributed by atoms with Crippen molar-refractivity contribution in [2.75, 3.05) is 5.73 Å². The van der Waals surface area contributed by atoms with Crippen LogP contribution in [-0.2, 0) is 19.9 Å². The van der Waals surface area contributed by atoms with Crippen molar-refractivity contribution >= 4 is 25.5 Å². The minimum Gasteiger partial charge on any atom is -0.399 e. The van der Waals surface area contributed by atoms with Gasteiger partial charge in [0.2, 0.25) is 19.9 Å². The van der Waals surface area contributed by atoms with Crippen LogP contribution in [0.25, 0.3) is 0 Å². The molecule has 0 saturated heterocycles. The summed E-state index contributed by atoms with van der Waals surface area (Å²) in [5.74, 6) is 0. The minimum atomic E-state index is -4.16. The Bertz CT molecular complexity index is 949. The Morgan fingerprint density at radius 3 is 2.05 bits per heavy atom. The molecule has 0 aliphatic heterocycles. The highest BCUT2D eigenvalue weighted by molar-refractivity contribution is 7.93. The van der Waals surface area contributed by atoms with E-state index in [4.69, 9.17) is 10.9 Å². The van der Waals surface area contributed by atoms with Crippen LogP contribution in [0, 0.1) is 13.8 Å². The van der Waals surface area contributed by atoms with Crippen molar-refractivity contribution in [1.82, 2.24) is 0 Å². The van der Waals surface area contributed by atoms with E-state index >= 15 is 0 Å². The van der Waals surface area contributed by atoms with Gasteiger partial charge in [-0.15, -0.1) is 0 Å². The Balaban J connectivity index is 2.79. The second kappa shape index (κ2) is 5.38. The molecule has 0 aliphatic carbocycles. The third kappa shape index (κ3) is 2.99. The summed E-state index contributed by atoms with van der Waals surface area (Å²) in [6, 6.07) is 8.19. The predicted molar refractivity (Wildman–Crippen MR) is 83.6 cm³/mol. The molecule has 6 nitrogen and oxygen atoms in total. The third-order valence-electron chi connectivity index (χ3n) is 3.25. The van der Waals surface area contributed by atoms with Crippen molar-refractivity contribution in [3.8, 4) is 0 Å². The molecule has 0 unspecified atom stereocenters. The molecule has 0 aromatic heterocycles. The van der Waals surface area contributed by atoms with E-state index in [2.05, 4.69) is 0 Å². The fourth-order valence-corrected chi connectivity index (χ4v) is 4.78. The van der Waals surface area contributed by atoms with Crippen LogP contribution in [-0.4, -0.2) is 16.8 Å². The van der Waals surface area contributed by atoms with Crippen LogP contribution in [0.2, 0.25) is 0 Å². The number of nitrogens with two attached hydrogens (primary N) is 2. The van der Waals surface area contributed by atoms with Crippen LogP contribution in [0.1, 0.15) is 11.1 Å². The third-order valence-corrected chi connectivity index (χ3v) is 6.14. The van der Waals surface area contributed by atoms with Crippen molar-refractivity contribution in [3.63, 3.8) is 0 Å². The number of hydrogen-bond acceptors (Lipinski definition) is 5. The van der Waals surface area contributed by atoms with Crippen molar-refractivity contribution in [3.05, 3.63) is 47.5 Å². The molecule has 0 radical (unpaired) electrons. The molecular weight excluding hydrogens is 324 g/mol. The van der Waals surface area contributed by atoms with Gasteiger partial charge in [0.05, 0.1) is 9.79 Å². The van der Waals surface area contributed by atoms with Crippen LogP contribution >= 0.6 is 0 Å².